The summed E-state index contributed by atoms with van der Waals surface area (Å²) in [5.74, 6) is 0. The van der Waals surface area contributed by atoms with Crippen LogP contribution < -0.4 is 10.6 Å². The molecule has 0 aliphatic rings. The highest BCUT2D eigenvalue weighted by Crippen LogP contribution is 2.33. The van der Waals surface area contributed by atoms with Crippen molar-refractivity contribution >= 4 is 44.0 Å². The number of nitrogens with two attached hydrogens (primary N) is 1. The van der Waals surface area contributed by atoms with Crippen LogP contribution in [0.15, 0.2) is 12.1 Å². The van der Waals surface area contributed by atoms with Crippen molar-refractivity contribution in [1.29, 1.82) is 0 Å². The minimum Gasteiger partial charge on any atom is -0.375 e. The summed E-state index contributed by atoms with van der Waals surface area (Å²) in [6, 6.07) is 3.90. The Morgan fingerprint density at radius 1 is 1.53 bits per heavy atom. The molecule has 0 atom stereocenters. The van der Waals surface area contributed by atoms with E-state index in [9.17, 15) is 0 Å². The van der Waals surface area contributed by atoms with Crippen LogP contribution in [0.1, 0.15) is 6.92 Å². The standard InChI is InChI=1S/C10H12ClN3S/c1-3-14(2)8-5-9-7(4-6(8)11)13-10(12)15-9/h4-5H,3H2,1-2H3,(H2,12,13). The first-order valence-electron chi connectivity index (χ1n) is 4.68. The molecule has 0 saturated carbocycles. The van der Waals surface area contributed by atoms with Crippen LogP contribution in [-0.2, 0) is 0 Å². The number of rotatable bonds is 2. The lowest BCUT2D eigenvalue weighted by Crippen LogP contribution is -2.15. The summed E-state index contributed by atoms with van der Waals surface area (Å²) in [7, 11) is 2.01. The maximum absolute atomic E-state index is 6.17. The highest BCUT2D eigenvalue weighted by molar-refractivity contribution is 7.22. The van der Waals surface area contributed by atoms with E-state index in [1.165, 1.54) is 11.3 Å². The number of thiazole rings is 1. The summed E-state index contributed by atoms with van der Waals surface area (Å²) in [6.45, 7) is 3.00. The van der Waals surface area contributed by atoms with Crippen LogP contribution in [0.2, 0.25) is 5.02 Å². The molecular formula is C10H12ClN3S. The first-order valence-corrected chi connectivity index (χ1v) is 5.88. The van der Waals surface area contributed by atoms with Gasteiger partial charge in [-0.05, 0) is 19.1 Å². The zero-order valence-corrected chi connectivity index (χ0v) is 10.2. The highest BCUT2D eigenvalue weighted by atomic mass is 35.5. The van der Waals surface area contributed by atoms with Crippen molar-refractivity contribution < 1.29 is 0 Å². The van der Waals surface area contributed by atoms with Crippen molar-refractivity contribution in [3.05, 3.63) is 17.2 Å². The van der Waals surface area contributed by atoms with Gasteiger partial charge in [-0.2, -0.15) is 0 Å². The van der Waals surface area contributed by atoms with Crippen molar-refractivity contribution in [2.45, 2.75) is 6.92 Å². The summed E-state index contributed by atoms with van der Waals surface area (Å²) < 4.78 is 1.08. The Morgan fingerprint density at radius 3 is 2.93 bits per heavy atom. The molecule has 0 saturated heterocycles. The van der Waals surface area contributed by atoms with Gasteiger partial charge in [-0.15, -0.1) is 0 Å². The van der Waals surface area contributed by atoms with E-state index in [1.54, 1.807) is 0 Å². The number of halogens is 1. The molecule has 0 bridgehead atoms. The summed E-state index contributed by atoms with van der Waals surface area (Å²) in [4.78, 5) is 6.29. The average molecular weight is 242 g/mol. The molecular weight excluding hydrogens is 230 g/mol. The van der Waals surface area contributed by atoms with Crippen molar-refractivity contribution in [3.8, 4) is 0 Å². The fourth-order valence-corrected chi connectivity index (χ4v) is 2.47. The molecule has 0 aliphatic carbocycles. The number of anilines is 2. The van der Waals surface area contributed by atoms with E-state index >= 15 is 0 Å². The Kier molecular flexibility index (Phi) is 2.71. The molecule has 0 unspecified atom stereocenters. The lowest BCUT2D eigenvalue weighted by molar-refractivity contribution is 0.970. The van der Waals surface area contributed by atoms with E-state index < -0.39 is 0 Å². The molecule has 3 nitrogen and oxygen atoms in total. The van der Waals surface area contributed by atoms with Gasteiger partial charge in [0.2, 0.25) is 0 Å². The Hall–Kier alpha value is -1.00. The maximum Gasteiger partial charge on any atom is 0.181 e. The zero-order valence-electron chi connectivity index (χ0n) is 8.62. The smallest absolute Gasteiger partial charge is 0.181 e. The summed E-state index contributed by atoms with van der Waals surface area (Å²) in [5, 5.41) is 1.30. The molecule has 1 heterocycles. The molecule has 0 fully saturated rings. The third kappa shape index (κ3) is 1.87. The van der Waals surface area contributed by atoms with Crippen LogP contribution in [0.5, 0.6) is 0 Å². The van der Waals surface area contributed by atoms with Crippen LogP contribution in [0.4, 0.5) is 10.8 Å². The van der Waals surface area contributed by atoms with E-state index in [1.807, 2.05) is 19.2 Å². The molecule has 2 rings (SSSR count). The molecule has 1 aromatic carbocycles. The summed E-state index contributed by atoms with van der Waals surface area (Å²) in [5.41, 5.74) is 7.54. The minimum absolute atomic E-state index is 0.581. The van der Waals surface area contributed by atoms with Crippen LogP contribution in [-0.4, -0.2) is 18.6 Å². The number of fused-ring (bicyclic) bond motifs is 1. The van der Waals surface area contributed by atoms with E-state index in [-0.39, 0.29) is 0 Å². The Bertz CT molecular complexity index is 495. The Balaban J connectivity index is 2.60. The first-order chi connectivity index (χ1) is 7.11. The highest BCUT2D eigenvalue weighted by Gasteiger charge is 2.09. The number of hydrogen-bond donors (Lipinski definition) is 1. The van der Waals surface area contributed by atoms with Crippen LogP contribution >= 0.6 is 22.9 Å². The second-order valence-electron chi connectivity index (χ2n) is 3.34. The largest absolute Gasteiger partial charge is 0.375 e. The van der Waals surface area contributed by atoms with Gasteiger partial charge in [-0.3, -0.25) is 0 Å². The number of hydrogen-bond acceptors (Lipinski definition) is 4. The minimum atomic E-state index is 0.581. The van der Waals surface area contributed by atoms with E-state index in [2.05, 4.69) is 16.8 Å². The summed E-state index contributed by atoms with van der Waals surface area (Å²) in [6.07, 6.45) is 0. The van der Waals surface area contributed by atoms with Gasteiger partial charge < -0.3 is 10.6 Å². The van der Waals surface area contributed by atoms with E-state index in [4.69, 9.17) is 17.3 Å². The predicted molar refractivity (Wildman–Crippen MR) is 68.0 cm³/mol. The second-order valence-corrected chi connectivity index (χ2v) is 4.81. The normalized spacial score (nSPS) is 10.9. The molecule has 2 N–H and O–H groups in total. The van der Waals surface area contributed by atoms with Crippen LogP contribution in [0, 0.1) is 0 Å². The van der Waals surface area contributed by atoms with Gasteiger partial charge in [0.1, 0.15) is 0 Å². The topological polar surface area (TPSA) is 42.1 Å². The molecule has 5 heteroatoms. The van der Waals surface area contributed by atoms with Crippen molar-refractivity contribution in [2.75, 3.05) is 24.2 Å². The van der Waals surface area contributed by atoms with E-state index in [0.717, 1.165) is 27.5 Å². The third-order valence-electron chi connectivity index (χ3n) is 2.36. The van der Waals surface area contributed by atoms with Crippen LogP contribution in [0.25, 0.3) is 10.2 Å². The Morgan fingerprint density at radius 2 is 2.27 bits per heavy atom. The SMILES string of the molecule is CCN(C)c1cc2sc(N)nc2cc1Cl. The molecule has 0 radical (unpaired) electrons. The lowest BCUT2D eigenvalue weighted by Gasteiger charge is -2.17. The second kappa shape index (κ2) is 3.87. The third-order valence-corrected chi connectivity index (χ3v) is 3.51. The zero-order chi connectivity index (χ0) is 11.0. The lowest BCUT2D eigenvalue weighted by atomic mass is 10.3. The summed E-state index contributed by atoms with van der Waals surface area (Å²) >= 11 is 7.65. The van der Waals surface area contributed by atoms with Crippen LogP contribution in [0.3, 0.4) is 0 Å². The maximum atomic E-state index is 6.17. The van der Waals surface area contributed by atoms with Gasteiger partial charge in [-0.1, -0.05) is 22.9 Å². The quantitative estimate of drug-likeness (QED) is 0.879. The van der Waals surface area contributed by atoms with E-state index in [0.29, 0.717) is 5.13 Å². The molecule has 15 heavy (non-hydrogen) atoms. The van der Waals surface area contributed by atoms with Crippen molar-refractivity contribution in [3.63, 3.8) is 0 Å². The van der Waals surface area contributed by atoms with Crippen molar-refractivity contribution in [1.82, 2.24) is 4.98 Å². The first kappa shape index (κ1) is 10.5. The van der Waals surface area contributed by atoms with Gasteiger partial charge in [0.25, 0.3) is 0 Å². The van der Waals surface area contributed by atoms with Gasteiger partial charge >= 0.3 is 0 Å². The molecule has 0 amide bonds. The fourth-order valence-electron chi connectivity index (χ4n) is 1.42. The van der Waals surface area contributed by atoms with Gasteiger partial charge in [-0.25, -0.2) is 4.98 Å². The monoisotopic (exact) mass is 241 g/mol. The molecule has 80 valence electrons. The molecule has 1 aromatic heterocycles. The number of nitrogen functional groups attached to an aromatic ring is 1. The molecule has 0 spiro atoms. The Labute approximate surface area is 97.5 Å². The predicted octanol–water partition coefficient (Wildman–Crippen LogP) is 2.99. The fraction of sp³-hybridized carbons (Fsp3) is 0.300. The molecule has 2 aromatic rings. The average Bonchev–Trinajstić information content (AvgIpc) is 2.55. The van der Waals surface area contributed by atoms with Gasteiger partial charge in [0.05, 0.1) is 20.9 Å². The van der Waals surface area contributed by atoms with Gasteiger partial charge in [0, 0.05) is 13.6 Å². The number of benzene rings is 1. The molecule has 0 aliphatic heterocycles. The number of aromatic nitrogens is 1. The van der Waals surface area contributed by atoms with Gasteiger partial charge in [0.15, 0.2) is 5.13 Å². The van der Waals surface area contributed by atoms with Crippen molar-refractivity contribution in [2.24, 2.45) is 0 Å². The number of nitrogens with zero attached hydrogens (tertiary/aromatic N) is 2.